The lowest BCUT2D eigenvalue weighted by molar-refractivity contribution is 0.102. The summed E-state index contributed by atoms with van der Waals surface area (Å²) in [5, 5.41) is 12.6. The Bertz CT molecular complexity index is 817. The maximum atomic E-state index is 12.7. The van der Waals surface area contributed by atoms with Gasteiger partial charge in [0.25, 0.3) is 5.91 Å². The summed E-state index contributed by atoms with van der Waals surface area (Å²) >= 11 is 1.07. The van der Waals surface area contributed by atoms with Crippen molar-refractivity contribution in [2.45, 2.75) is 27.7 Å². The molecule has 0 fully saturated rings. The van der Waals surface area contributed by atoms with Gasteiger partial charge in [-0.1, -0.05) is 37.3 Å². The van der Waals surface area contributed by atoms with Crippen LogP contribution >= 0.6 is 11.3 Å². The van der Waals surface area contributed by atoms with E-state index in [1.54, 1.807) is 13.0 Å². The van der Waals surface area contributed by atoms with Crippen LogP contribution in [0, 0.1) is 19.8 Å². The van der Waals surface area contributed by atoms with E-state index in [4.69, 9.17) is 4.74 Å². The van der Waals surface area contributed by atoms with E-state index in [0.29, 0.717) is 33.7 Å². The van der Waals surface area contributed by atoms with Crippen LogP contribution in [0.1, 0.15) is 34.8 Å². The number of amides is 2. The van der Waals surface area contributed by atoms with Crippen molar-refractivity contribution in [3.63, 3.8) is 0 Å². The van der Waals surface area contributed by atoms with Crippen LogP contribution in [0.25, 0.3) is 0 Å². The Hall–Kier alpha value is -2.61. The maximum Gasteiger partial charge on any atom is 0.413 e. The Morgan fingerprint density at radius 3 is 2.62 bits per heavy atom. The number of thiazole rings is 1. The number of anilines is 2. The second-order valence-corrected chi connectivity index (χ2v) is 7.28. The van der Waals surface area contributed by atoms with Crippen molar-refractivity contribution < 1.29 is 19.4 Å². The first-order valence-electron chi connectivity index (χ1n) is 8.17. The third-order valence-electron chi connectivity index (χ3n) is 3.69. The van der Waals surface area contributed by atoms with E-state index in [2.05, 4.69) is 10.3 Å². The molecule has 1 aromatic carbocycles. The summed E-state index contributed by atoms with van der Waals surface area (Å²) in [7, 11) is 1.54. The number of hydrogen-bond donors (Lipinski definition) is 2. The second-order valence-electron chi connectivity index (χ2n) is 6.30. The van der Waals surface area contributed by atoms with Crippen LogP contribution in [0.15, 0.2) is 18.2 Å². The number of benzene rings is 1. The normalized spacial score (nSPS) is 10.7. The van der Waals surface area contributed by atoms with Gasteiger partial charge in [-0.3, -0.25) is 9.69 Å². The molecule has 140 valence electrons. The largest absolute Gasteiger partial charge is 0.495 e. The molecular formula is C18H23N3O4S. The van der Waals surface area contributed by atoms with Gasteiger partial charge in [-0.2, -0.15) is 0 Å². The summed E-state index contributed by atoms with van der Waals surface area (Å²) in [6.45, 7) is 7.73. The lowest BCUT2D eigenvalue weighted by Crippen LogP contribution is -2.32. The van der Waals surface area contributed by atoms with Crippen LogP contribution in [-0.4, -0.2) is 35.7 Å². The van der Waals surface area contributed by atoms with E-state index in [1.165, 1.54) is 12.0 Å². The molecule has 0 radical (unpaired) electrons. The van der Waals surface area contributed by atoms with Crippen molar-refractivity contribution in [2.75, 3.05) is 23.9 Å². The van der Waals surface area contributed by atoms with E-state index in [1.807, 2.05) is 32.9 Å². The third kappa shape index (κ3) is 4.32. The van der Waals surface area contributed by atoms with E-state index in [9.17, 15) is 14.7 Å². The SMILES string of the molecule is COc1cccc(C)c1NC(=O)c1sc(N(CC(C)C)C(=O)O)nc1C. The Labute approximate surface area is 156 Å². The molecule has 0 saturated carbocycles. The summed E-state index contributed by atoms with van der Waals surface area (Å²) in [6, 6.07) is 5.48. The first-order chi connectivity index (χ1) is 12.2. The minimum Gasteiger partial charge on any atom is -0.495 e. The standard InChI is InChI=1S/C18H23N3O4S/c1-10(2)9-21(18(23)24)17-19-12(4)15(26-17)16(22)20-14-11(3)7-6-8-13(14)25-5/h6-8,10H,9H2,1-5H3,(H,20,22)(H,23,24). The molecule has 0 unspecified atom stereocenters. The first kappa shape index (κ1) is 19.7. The van der Waals surface area contributed by atoms with E-state index in [0.717, 1.165) is 16.9 Å². The second kappa shape index (κ2) is 8.18. The van der Waals surface area contributed by atoms with Crippen LogP contribution in [0.2, 0.25) is 0 Å². The van der Waals surface area contributed by atoms with Crippen LogP contribution in [0.3, 0.4) is 0 Å². The molecule has 2 aromatic rings. The number of rotatable bonds is 6. The highest BCUT2D eigenvalue weighted by Gasteiger charge is 2.24. The monoisotopic (exact) mass is 377 g/mol. The number of methoxy groups -OCH3 is 1. The zero-order chi connectivity index (χ0) is 19.4. The highest BCUT2D eigenvalue weighted by atomic mass is 32.1. The van der Waals surface area contributed by atoms with Gasteiger partial charge in [0.15, 0.2) is 5.13 Å². The van der Waals surface area contributed by atoms with Crippen LogP contribution in [0.4, 0.5) is 15.6 Å². The van der Waals surface area contributed by atoms with Gasteiger partial charge in [0, 0.05) is 6.54 Å². The fraction of sp³-hybridized carbons (Fsp3) is 0.389. The number of carbonyl (C=O) groups excluding carboxylic acids is 1. The van der Waals surface area contributed by atoms with Gasteiger partial charge in [0.05, 0.1) is 18.5 Å². The number of carbonyl (C=O) groups is 2. The Balaban J connectivity index is 2.31. The van der Waals surface area contributed by atoms with Gasteiger partial charge in [0.1, 0.15) is 10.6 Å². The number of carboxylic acid groups (broad SMARTS) is 1. The van der Waals surface area contributed by atoms with E-state index in [-0.39, 0.29) is 11.8 Å². The smallest absolute Gasteiger partial charge is 0.413 e. The molecule has 26 heavy (non-hydrogen) atoms. The molecular weight excluding hydrogens is 354 g/mol. The number of para-hydroxylation sites is 1. The van der Waals surface area contributed by atoms with Crippen molar-refractivity contribution in [1.82, 2.24) is 4.98 Å². The quantitative estimate of drug-likeness (QED) is 0.788. The molecule has 2 amide bonds. The van der Waals surface area contributed by atoms with Crippen molar-refractivity contribution in [3.05, 3.63) is 34.3 Å². The maximum absolute atomic E-state index is 12.7. The average Bonchev–Trinajstić information content (AvgIpc) is 2.95. The lowest BCUT2D eigenvalue weighted by Gasteiger charge is -2.17. The molecule has 0 atom stereocenters. The number of nitrogens with zero attached hydrogens (tertiary/aromatic N) is 2. The molecule has 0 saturated heterocycles. The van der Waals surface area contributed by atoms with Gasteiger partial charge >= 0.3 is 6.09 Å². The molecule has 0 aliphatic carbocycles. The molecule has 1 heterocycles. The Morgan fingerprint density at radius 1 is 1.35 bits per heavy atom. The summed E-state index contributed by atoms with van der Waals surface area (Å²) in [4.78, 5) is 30.1. The number of ether oxygens (including phenoxy) is 1. The van der Waals surface area contributed by atoms with E-state index >= 15 is 0 Å². The Kier molecular flexibility index (Phi) is 6.20. The van der Waals surface area contributed by atoms with Gasteiger partial charge in [-0.15, -0.1) is 0 Å². The molecule has 0 aliphatic heterocycles. The molecule has 8 heteroatoms. The minimum absolute atomic E-state index is 0.142. The number of aryl methyl sites for hydroxylation is 2. The van der Waals surface area contributed by atoms with Crippen molar-refractivity contribution in [2.24, 2.45) is 5.92 Å². The molecule has 0 bridgehead atoms. The van der Waals surface area contributed by atoms with Crippen molar-refractivity contribution >= 4 is 34.2 Å². The zero-order valence-corrected chi connectivity index (χ0v) is 16.3. The topological polar surface area (TPSA) is 91.8 Å². The van der Waals surface area contributed by atoms with Gasteiger partial charge in [-0.25, -0.2) is 9.78 Å². The van der Waals surface area contributed by atoms with Crippen LogP contribution < -0.4 is 15.0 Å². The van der Waals surface area contributed by atoms with E-state index < -0.39 is 6.09 Å². The fourth-order valence-corrected chi connectivity index (χ4v) is 3.42. The van der Waals surface area contributed by atoms with Gasteiger partial charge in [-0.05, 0) is 31.4 Å². The summed E-state index contributed by atoms with van der Waals surface area (Å²) in [5.41, 5.74) is 1.95. The summed E-state index contributed by atoms with van der Waals surface area (Å²) < 4.78 is 5.30. The predicted molar refractivity (Wildman–Crippen MR) is 103 cm³/mol. The number of hydrogen-bond acceptors (Lipinski definition) is 5. The van der Waals surface area contributed by atoms with Gasteiger partial charge < -0.3 is 15.2 Å². The molecule has 2 N–H and O–H groups in total. The lowest BCUT2D eigenvalue weighted by atomic mass is 10.2. The zero-order valence-electron chi connectivity index (χ0n) is 15.5. The summed E-state index contributed by atoms with van der Waals surface area (Å²) in [6.07, 6.45) is -1.08. The highest BCUT2D eigenvalue weighted by Crippen LogP contribution is 2.31. The summed E-state index contributed by atoms with van der Waals surface area (Å²) in [5.74, 6) is 0.366. The molecule has 1 aromatic heterocycles. The molecule has 2 rings (SSSR count). The van der Waals surface area contributed by atoms with Crippen molar-refractivity contribution in [1.29, 1.82) is 0 Å². The van der Waals surface area contributed by atoms with Crippen LogP contribution in [-0.2, 0) is 0 Å². The predicted octanol–water partition coefficient (Wildman–Crippen LogP) is 4.16. The molecule has 7 nitrogen and oxygen atoms in total. The van der Waals surface area contributed by atoms with Gasteiger partial charge in [0.2, 0.25) is 0 Å². The Morgan fingerprint density at radius 2 is 2.04 bits per heavy atom. The first-order valence-corrected chi connectivity index (χ1v) is 8.99. The minimum atomic E-state index is -1.08. The van der Waals surface area contributed by atoms with Crippen LogP contribution in [0.5, 0.6) is 5.75 Å². The molecule has 0 aliphatic rings. The number of nitrogens with one attached hydrogen (secondary N) is 1. The van der Waals surface area contributed by atoms with Crippen molar-refractivity contribution in [3.8, 4) is 5.75 Å². The molecule has 0 spiro atoms. The number of aromatic nitrogens is 1. The average molecular weight is 377 g/mol. The highest BCUT2D eigenvalue weighted by molar-refractivity contribution is 7.17. The fourth-order valence-electron chi connectivity index (χ4n) is 2.45. The third-order valence-corrected chi connectivity index (χ3v) is 4.87.